The number of hydrogen-bond acceptors (Lipinski definition) is 5. The Hall–Kier alpha value is -1.98. The van der Waals surface area contributed by atoms with Crippen LogP contribution in [0.25, 0.3) is 0 Å². The highest BCUT2D eigenvalue weighted by Gasteiger charge is 2.09. The Labute approximate surface area is 125 Å². The number of ether oxygens (including phenoxy) is 1. The molecule has 0 bridgehead atoms. The number of aromatic nitrogens is 2. The van der Waals surface area contributed by atoms with Gasteiger partial charge in [0.25, 0.3) is 0 Å². The summed E-state index contributed by atoms with van der Waals surface area (Å²) in [7, 11) is 0. The van der Waals surface area contributed by atoms with Gasteiger partial charge in [-0.2, -0.15) is 4.98 Å². The average molecular weight is 283 g/mol. The summed E-state index contributed by atoms with van der Waals surface area (Å²) >= 11 is 0. The molecule has 3 rings (SSSR count). The summed E-state index contributed by atoms with van der Waals surface area (Å²) in [6, 6.07) is 10.5. The Balaban J connectivity index is 1.51. The molecule has 21 heavy (non-hydrogen) atoms. The number of benzene rings is 1. The zero-order valence-electron chi connectivity index (χ0n) is 12.0. The van der Waals surface area contributed by atoms with Crippen LogP contribution < -0.4 is 10.1 Å². The summed E-state index contributed by atoms with van der Waals surface area (Å²) in [6.07, 6.45) is 4.33. The SMILES string of the molecule is [c]1ccnc(OCc2ccc(CN3CCNCC3)cc2)n1. The fraction of sp³-hybridized carbons (Fsp3) is 0.375. The van der Waals surface area contributed by atoms with Crippen molar-refractivity contribution in [2.75, 3.05) is 26.2 Å². The van der Waals surface area contributed by atoms with E-state index < -0.39 is 0 Å². The molecule has 1 fully saturated rings. The molecule has 0 spiro atoms. The summed E-state index contributed by atoms with van der Waals surface area (Å²) in [4.78, 5) is 10.4. The van der Waals surface area contributed by atoms with Gasteiger partial charge in [-0.1, -0.05) is 24.3 Å². The van der Waals surface area contributed by atoms with E-state index in [0.29, 0.717) is 12.6 Å². The molecule has 0 amide bonds. The standard InChI is InChI=1S/C16H19N4O/c1-6-18-16(19-7-1)21-13-15-4-2-14(3-5-15)12-20-10-8-17-9-11-20/h1-6,17H,8-13H2. The molecule has 5 heteroatoms. The van der Waals surface area contributed by atoms with Crippen LogP contribution in [0.3, 0.4) is 0 Å². The second kappa shape index (κ2) is 7.15. The van der Waals surface area contributed by atoms with Crippen LogP contribution in [-0.4, -0.2) is 41.0 Å². The lowest BCUT2D eigenvalue weighted by atomic mass is 10.1. The van der Waals surface area contributed by atoms with Gasteiger partial charge in [0.05, 0.1) is 6.20 Å². The first-order chi connectivity index (χ1) is 10.4. The second-order valence-corrected chi connectivity index (χ2v) is 5.10. The van der Waals surface area contributed by atoms with Crippen molar-refractivity contribution in [3.05, 3.63) is 53.9 Å². The quantitative estimate of drug-likeness (QED) is 0.895. The number of nitrogens with zero attached hydrogens (tertiary/aromatic N) is 3. The molecule has 1 aromatic heterocycles. The molecule has 2 heterocycles. The molecule has 109 valence electrons. The summed E-state index contributed by atoms with van der Waals surface area (Å²) in [5.41, 5.74) is 2.46. The Morgan fingerprint density at radius 1 is 1.14 bits per heavy atom. The number of piperazine rings is 1. The van der Waals surface area contributed by atoms with E-state index in [4.69, 9.17) is 4.74 Å². The third kappa shape index (κ3) is 4.24. The molecule has 1 aliphatic rings. The van der Waals surface area contributed by atoms with Gasteiger partial charge in [-0.15, -0.1) is 0 Å². The maximum Gasteiger partial charge on any atom is 0.317 e. The van der Waals surface area contributed by atoms with E-state index >= 15 is 0 Å². The van der Waals surface area contributed by atoms with Gasteiger partial charge < -0.3 is 10.1 Å². The monoisotopic (exact) mass is 283 g/mol. The van der Waals surface area contributed by atoms with Crippen molar-refractivity contribution in [1.82, 2.24) is 20.2 Å². The van der Waals surface area contributed by atoms with E-state index in [1.54, 1.807) is 12.3 Å². The minimum atomic E-state index is 0.363. The zero-order chi connectivity index (χ0) is 14.3. The molecule has 1 aliphatic heterocycles. The first-order valence-electron chi connectivity index (χ1n) is 7.23. The van der Waals surface area contributed by atoms with Crippen molar-refractivity contribution in [1.29, 1.82) is 0 Å². The molecular formula is C16H19N4O. The summed E-state index contributed by atoms with van der Waals surface area (Å²) in [6.45, 7) is 5.89. The lowest BCUT2D eigenvalue weighted by Crippen LogP contribution is -2.42. The number of rotatable bonds is 5. The Bertz CT molecular complexity index is 538. The Morgan fingerprint density at radius 2 is 1.90 bits per heavy atom. The molecule has 1 saturated heterocycles. The minimum Gasteiger partial charge on any atom is -0.459 e. The zero-order valence-corrected chi connectivity index (χ0v) is 12.0. The predicted octanol–water partition coefficient (Wildman–Crippen LogP) is 1.26. The second-order valence-electron chi connectivity index (χ2n) is 5.10. The van der Waals surface area contributed by atoms with Crippen LogP contribution in [-0.2, 0) is 13.2 Å². The van der Waals surface area contributed by atoms with Gasteiger partial charge >= 0.3 is 6.01 Å². The van der Waals surface area contributed by atoms with Crippen molar-refractivity contribution >= 4 is 0 Å². The Kier molecular flexibility index (Phi) is 4.76. The maximum atomic E-state index is 5.51. The molecule has 0 unspecified atom stereocenters. The van der Waals surface area contributed by atoms with Crippen molar-refractivity contribution in [3.8, 4) is 6.01 Å². The van der Waals surface area contributed by atoms with Gasteiger partial charge in [0.2, 0.25) is 0 Å². The van der Waals surface area contributed by atoms with Crippen molar-refractivity contribution in [2.45, 2.75) is 13.2 Å². The van der Waals surface area contributed by atoms with Gasteiger partial charge in [0.1, 0.15) is 6.61 Å². The van der Waals surface area contributed by atoms with Crippen molar-refractivity contribution < 1.29 is 4.74 Å². The van der Waals surface area contributed by atoms with Crippen LogP contribution in [0.4, 0.5) is 0 Å². The minimum absolute atomic E-state index is 0.363. The summed E-state index contributed by atoms with van der Waals surface area (Å²) in [5, 5.41) is 3.37. The van der Waals surface area contributed by atoms with Gasteiger partial charge in [0.15, 0.2) is 0 Å². The van der Waals surface area contributed by atoms with E-state index in [1.165, 1.54) is 5.56 Å². The van der Waals surface area contributed by atoms with E-state index in [0.717, 1.165) is 38.3 Å². The van der Waals surface area contributed by atoms with E-state index in [1.807, 2.05) is 0 Å². The van der Waals surface area contributed by atoms with Crippen molar-refractivity contribution in [3.63, 3.8) is 0 Å². The van der Waals surface area contributed by atoms with E-state index in [-0.39, 0.29) is 0 Å². The lowest BCUT2D eigenvalue weighted by molar-refractivity contribution is 0.233. The van der Waals surface area contributed by atoms with Crippen LogP contribution in [0.2, 0.25) is 0 Å². The molecule has 0 saturated carbocycles. The van der Waals surface area contributed by atoms with Gasteiger partial charge in [-0.05, 0) is 17.2 Å². The van der Waals surface area contributed by atoms with Crippen LogP contribution in [0.15, 0.2) is 36.5 Å². The molecule has 0 aliphatic carbocycles. The van der Waals surface area contributed by atoms with E-state index in [2.05, 4.69) is 50.6 Å². The first kappa shape index (κ1) is 14.0. The fourth-order valence-electron chi connectivity index (χ4n) is 2.34. The normalized spacial score (nSPS) is 15.8. The van der Waals surface area contributed by atoms with Crippen LogP contribution in [0, 0.1) is 6.20 Å². The van der Waals surface area contributed by atoms with Crippen LogP contribution >= 0.6 is 0 Å². The van der Waals surface area contributed by atoms with Crippen LogP contribution in [0.1, 0.15) is 11.1 Å². The van der Waals surface area contributed by atoms with Gasteiger partial charge in [-0.3, -0.25) is 4.90 Å². The highest BCUT2D eigenvalue weighted by Crippen LogP contribution is 2.10. The molecule has 5 nitrogen and oxygen atoms in total. The highest BCUT2D eigenvalue weighted by molar-refractivity contribution is 5.22. The predicted molar refractivity (Wildman–Crippen MR) is 79.8 cm³/mol. The third-order valence-corrected chi connectivity index (χ3v) is 3.50. The Morgan fingerprint density at radius 3 is 2.62 bits per heavy atom. The third-order valence-electron chi connectivity index (χ3n) is 3.50. The molecule has 1 radical (unpaired) electrons. The largest absolute Gasteiger partial charge is 0.459 e. The fourth-order valence-corrected chi connectivity index (χ4v) is 2.34. The first-order valence-corrected chi connectivity index (χ1v) is 7.23. The summed E-state index contributed by atoms with van der Waals surface area (Å²) < 4.78 is 5.51. The van der Waals surface area contributed by atoms with Crippen LogP contribution in [0.5, 0.6) is 6.01 Å². The van der Waals surface area contributed by atoms with Crippen molar-refractivity contribution in [2.24, 2.45) is 0 Å². The van der Waals surface area contributed by atoms with Gasteiger partial charge in [-0.25, -0.2) is 4.98 Å². The topological polar surface area (TPSA) is 50.3 Å². The lowest BCUT2D eigenvalue weighted by Gasteiger charge is -2.27. The molecule has 2 aromatic rings. The molecule has 1 aromatic carbocycles. The number of hydrogen-bond donors (Lipinski definition) is 1. The average Bonchev–Trinajstić information content (AvgIpc) is 2.56. The molecule has 1 N–H and O–H groups in total. The van der Waals surface area contributed by atoms with E-state index in [9.17, 15) is 0 Å². The molecular weight excluding hydrogens is 264 g/mol. The summed E-state index contributed by atoms with van der Waals surface area (Å²) in [5.74, 6) is 0. The smallest absolute Gasteiger partial charge is 0.317 e. The molecule has 0 atom stereocenters. The number of nitrogens with one attached hydrogen (secondary N) is 1. The van der Waals surface area contributed by atoms with Gasteiger partial charge in [0, 0.05) is 38.9 Å². The highest BCUT2D eigenvalue weighted by atomic mass is 16.5. The maximum absolute atomic E-state index is 5.51.